The van der Waals surface area contributed by atoms with Crippen LogP contribution in [-0.2, 0) is 5.88 Å². The summed E-state index contributed by atoms with van der Waals surface area (Å²) in [6.45, 7) is 0. The van der Waals surface area contributed by atoms with Crippen molar-refractivity contribution in [3.63, 3.8) is 0 Å². The van der Waals surface area contributed by atoms with Crippen molar-refractivity contribution in [3.8, 4) is 10.6 Å². The van der Waals surface area contributed by atoms with Gasteiger partial charge < -0.3 is 4.42 Å². The van der Waals surface area contributed by atoms with Crippen LogP contribution in [0.25, 0.3) is 10.6 Å². The van der Waals surface area contributed by atoms with Crippen LogP contribution in [0.5, 0.6) is 0 Å². The maximum absolute atomic E-state index is 5.53. The Hall–Kier alpha value is -0.870. The second-order valence-electron chi connectivity index (χ2n) is 2.12. The minimum atomic E-state index is 0.304. The Morgan fingerprint density at radius 3 is 3.00 bits per heavy atom. The highest BCUT2D eigenvalue weighted by molar-refractivity contribution is 7.13. The number of hydrogen-bond acceptors (Lipinski definition) is 4. The second kappa shape index (κ2) is 3.25. The van der Waals surface area contributed by atoms with Crippen LogP contribution >= 0.6 is 22.9 Å². The standard InChI is InChI=1S/C7H5ClN2OS/c8-1-7-10-2-5(11-7)6-3-9-4-12-6/h2-4H,1H2. The highest BCUT2D eigenvalue weighted by atomic mass is 35.5. The first kappa shape index (κ1) is 7.76. The maximum Gasteiger partial charge on any atom is 0.209 e. The largest absolute Gasteiger partial charge is 0.439 e. The Bertz CT molecular complexity index is 357. The highest BCUT2D eigenvalue weighted by Crippen LogP contribution is 2.23. The van der Waals surface area contributed by atoms with Crippen molar-refractivity contribution < 1.29 is 4.42 Å². The predicted octanol–water partition coefficient (Wildman–Crippen LogP) is 2.54. The van der Waals surface area contributed by atoms with Crippen LogP contribution in [0.3, 0.4) is 0 Å². The van der Waals surface area contributed by atoms with Crippen LogP contribution in [0.2, 0.25) is 0 Å². The Labute approximate surface area is 78.0 Å². The molecule has 3 nitrogen and oxygen atoms in total. The molecular formula is C7H5ClN2OS. The van der Waals surface area contributed by atoms with Gasteiger partial charge in [0, 0.05) is 6.20 Å². The van der Waals surface area contributed by atoms with Gasteiger partial charge in [0.25, 0.3) is 0 Å². The molecule has 0 amide bonds. The number of alkyl halides is 1. The number of oxazole rings is 1. The molecule has 5 heteroatoms. The lowest BCUT2D eigenvalue weighted by atomic mass is 10.4. The fraction of sp³-hybridized carbons (Fsp3) is 0.143. The zero-order valence-electron chi connectivity index (χ0n) is 6.03. The van der Waals surface area contributed by atoms with Gasteiger partial charge in [0.2, 0.25) is 5.89 Å². The molecule has 0 radical (unpaired) electrons. The lowest BCUT2D eigenvalue weighted by molar-refractivity contribution is 0.530. The molecule has 0 fully saturated rings. The fourth-order valence-corrected chi connectivity index (χ4v) is 1.51. The molecule has 62 valence electrons. The second-order valence-corrected chi connectivity index (χ2v) is 3.27. The maximum atomic E-state index is 5.53. The van der Waals surface area contributed by atoms with E-state index >= 15 is 0 Å². The van der Waals surface area contributed by atoms with E-state index in [2.05, 4.69) is 9.97 Å². The third-order valence-electron chi connectivity index (χ3n) is 1.34. The summed E-state index contributed by atoms with van der Waals surface area (Å²) in [6.07, 6.45) is 3.40. The van der Waals surface area contributed by atoms with Gasteiger partial charge in [-0.1, -0.05) is 0 Å². The molecule has 0 N–H and O–H groups in total. The van der Waals surface area contributed by atoms with Crippen LogP contribution in [0.4, 0.5) is 0 Å². The van der Waals surface area contributed by atoms with E-state index in [1.54, 1.807) is 17.9 Å². The molecule has 2 heterocycles. The molecule has 0 saturated heterocycles. The molecule has 0 aliphatic heterocycles. The van der Waals surface area contributed by atoms with Gasteiger partial charge in [0.15, 0.2) is 5.76 Å². The number of thiazole rings is 1. The van der Waals surface area contributed by atoms with Gasteiger partial charge in [-0.3, -0.25) is 4.98 Å². The molecule has 0 unspecified atom stereocenters. The molecule has 0 bridgehead atoms. The van der Waals surface area contributed by atoms with E-state index < -0.39 is 0 Å². The van der Waals surface area contributed by atoms with E-state index in [1.165, 1.54) is 11.3 Å². The Morgan fingerprint density at radius 1 is 1.50 bits per heavy atom. The van der Waals surface area contributed by atoms with E-state index in [9.17, 15) is 0 Å². The van der Waals surface area contributed by atoms with Crippen molar-refractivity contribution in [3.05, 3.63) is 23.8 Å². The van der Waals surface area contributed by atoms with Gasteiger partial charge in [-0.25, -0.2) is 4.98 Å². The summed E-state index contributed by atoms with van der Waals surface area (Å²) < 4.78 is 5.30. The van der Waals surface area contributed by atoms with Crippen molar-refractivity contribution in [2.45, 2.75) is 5.88 Å². The van der Waals surface area contributed by atoms with E-state index in [-0.39, 0.29) is 0 Å². The van der Waals surface area contributed by atoms with Crippen LogP contribution in [0.1, 0.15) is 5.89 Å². The number of aromatic nitrogens is 2. The van der Waals surface area contributed by atoms with Crippen molar-refractivity contribution in [2.24, 2.45) is 0 Å². The average Bonchev–Trinajstić information content (AvgIpc) is 2.75. The molecule has 0 spiro atoms. The minimum Gasteiger partial charge on any atom is -0.439 e. The van der Waals surface area contributed by atoms with Crippen LogP contribution < -0.4 is 0 Å². The number of rotatable bonds is 2. The lowest BCUT2D eigenvalue weighted by Gasteiger charge is -1.85. The van der Waals surface area contributed by atoms with Gasteiger partial charge in [-0.2, -0.15) is 0 Å². The molecule has 0 saturated carbocycles. The van der Waals surface area contributed by atoms with Crippen molar-refractivity contribution in [2.75, 3.05) is 0 Å². The number of nitrogens with zero attached hydrogens (tertiary/aromatic N) is 2. The Morgan fingerprint density at radius 2 is 2.42 bits per heavy atom. The molecule has 0 atom stereocenters. The highest BCUT2D eigenvalue weighted by Gasteiger charge is 2.05. The smallest absolute Gasteiger partial charge is 0.209 e. The lowest BCUT2D eigenvalue weighted by Crippen LogP contribution is -1.70. The van der Waals surface area contributed by atoms with Crippen LogP contribution in [0.15, 0.2) is 22.3 Å². The molecule has 0 aromatic carbocycles. The zero-order chi connectivity index (χ0) is 8.39. The molecule has 0 aliphatic rings. The quantitative estimate of drug-likeness (QED) is 0.700. The Balaban J connectivity index is 2.35. The van der Waals surface area contributed by atoms with Gasteiger partial charge in [-0.15, -0.1) is 22.9 Å². The summed E-state index contributed by atoms with van der Waals surface area (Å²) >= 11 is 7.05. The first-order valence-electron chi connectivity index (χ1n) is 3.29. The van der Waals surface area contributed by atoms with Crippen LogP contribution in [-0.4, -0.2) is 9.97 Å². The average molecular weight is 201 g/mol. The summed E-state index contributed by atoms with van der Waals surface area (Å²) in [7, 11) is 0. The first-order valence-corrected chi connectivity index (χ1v) is 4.71. The van der Waals surface area contributed by atoms with E-state index in [4.69, 9.17) is 16.0 Å². The monoisotopic (exact) mass is 200 g/mol. The van der Waals surface area contributed by atoms with Gasteiger partial charge >= 0.3 is 0 Å². The molecule has 0 aliphatic carbocycles. The van der Waals surface area contributed by atoms with Gasteiger partial charge in [0.1, 0.15) is 0 Å². The number of hydrogen-bond donors (Lipinski definition) is 0. The summed E-state index contributed by atoms with van der Waals surface area (Å²) in [5.74, 6) is 1.58. The molecule has 2 rings (SSSR count). The summed E-state index contributed by atoms with van der Waals surface area (Å²) in [4.78, 5) is 8.87. The van der Waals surface area contributed by atoms with Crippen LogP contribution in [0, 0.1) is 0 Å². The van der Waals surface area contributed by atoms with E-state index in [1.807, 2.05) is 0 Å². The minimum absolute atomic E-state index is 0.304. The fourth-order valence-electron chi connectivity index (χ4n) is 0.823. The number of halogens is 1. The molecule has 2 aromatic rings. The van der Waals surface area contributed by atoms with Gasteiger partial charge in [0.05, 0.1) is 22.5 Å². The third-order valence-corrected chi connectivity index (χ3v) is 2.36. The predicted molar refractivity (Wildman–Crippen MR) is 47.2 cm³/mol. The van der Waals surface area contributed by atoms with Crippen molar-refractivity contribution in [1.82, 2.24) is 9.97 Å². The summed E-state index contributed by atoms with van der Waals surface area (Å²) in [5, 5.41) is 0. The SMILES string of the molecule is ClCc1ncc(-c2cncs2)o1. The van der Waals surface area contributed by atoms with E-state index in [0.717, 1.165) is 10.6 Å². The van der Waals surface area contributed by atoms with Gasteiger partial charge in [-0.05, 0) is 0 Å². The third kappa shape index (κ3) is 1.35. The van der Waals surface area contributed by atoms with E-state index in [0.29, 0.717) is 11.8 Å². The Kier molecular flexibility index (Phi) is 2.10. The zero-order valence-corrected chi connectivity index (χ0v) is 7.60. The van der Waals surface area contributed by atoms with Crippen molar-refractivity contribution in [1.29, 1.82) is 0 Å². The summed E-state index contributed by atoms with van der Waals surface area (Å²) in [6, 6.07) is 0. The molecular weight excluding hydrogens is 196 g/mol. The molecule has 2 aromatic heterocycles. The normalized spacial score (nSPS) is 10.4. The summed E-state index contributed by atoms with van der Waals surface area (Å²) in [5.41, 5.74) is 1.75. The van der Waals surface area contributed by atoms with Crippen molar-refractivity contribution >= 4 is 22.9 Å². The topological polar surface area (TPSA) is 38.9 Å². The first-order chi connectivity index (χ1) is 5.90. The molecule has 12 heavy (non-hydrogen) atoms.